The smallest absolute Gasteiger partial charge is 0.224 e. The van der Waals surface area contributed by atoms with Crippen LogP contribution >= 0.6 is 24.0 Å². The Kier molecular flexibility index (Phi) is 10.8. The van der Waals surface area contributed by atoms with E-state index in [1.54, 1.807) is 6.08 Å². The van der Waals surface area contributed by atoms with Crippen LogP contribution in [0, 0.1) is 0 Å². The van der Waals surface area contributed by atoms with E-state index >= 15 is 0 Å². The molecule has 0 bridgehead atoms. The minimum atomic E-state index is 0. The van der Waals surface area contributed by atoms with E-state index in [9.17, 15) is 4.79 Å². The molecule has 1 heterocycles. The molecule has 2 rings (SSSR count). The highest BCUT2D eigenvalue weighted by Crippen LogP contribution is 2.15. The topological polar surface area (TPSA) is 60.0 Å². The summed E-state index contributed by atoms with van der Waals surface area (Å²) in [6.07, 6.45) is 2.22. The number of anilines is 1. The normalized spacial score (nSPS) is 14.4. The first-order valence-corrected chi connectivity index (χ1v) is 8.95. The fourth-order valence-electron chi connectivity index (χ4n) is 2.78. The largest absolute Gasteiger partial charge is 0.368 e. The van der Waals surface area contributed by atoms with Gasteiger partial charge in [0.2, 0.25) is 5.91 Å². The van der Waals surface area contributed by atoms with Gasteiger partial charge in [0.1, 0.15) is 0 Å². The lowest BCUT2D eigenvalue weighted by Crippen LogP contribution is -2.49. The third-order valence-corrected chi connectivity index (χ3v) is 4.11. The molecule has 7 heteroatoms. The molecule has 0 spiro atoms. The Hall–Kier alpha value is -1.77. The number of nitrogens with one attached hydrogen (secondary N) is 2. The van der Waals surface area contributed by atoms with Crippen molar-refractivity contribution < 1.29 is 4.79 Å². The maximum atomic E-state index is 12.4. The van der Waals surface area contributed by atoms with Crippen LogP contribution in [0.2, 0.25) is 0 Å². The molecule has 2 N–H and O–H groups in total. The maximum Gasteiger partial charge on any atom is 0.224 e. The number of hydrogen-bond donors (Lipinski definition) is 2. The summed E-state index contributed by atoms with van der Waals surface area (Å²) in [4.78, 5) is 21.1. The van der Waals surface area contributed by atoms with Crippen molar-refractivity contribution in [3.63, 3.8) is 0 Å². The van der Waals surface area contributed by atoms with Gasteiger partial charge in [-0.25, -0.2) is 0 Å². The highest BCUT2D eigenvalue weighted by atomic mass is 127. The Balaban J connectivity index is 0.00000338. The number of aliphatic imine (C=N–C) groups is 1. The molecule has 1 aliphatic rings. The van der Waals surface area contributed by atoms with Crippen molar-refractivity contribution in [2.45, 2.75) is 13.3 Å². The van der Waals surface area contributed by atoms with Crippen LogP contribution in [0.3, 0.4) is 0 Å². The van der Waals surface area contributed by atoms with Crippen molar-refractivity contribution >= 4 is 41.5 Å². The first-order chi connectivity index (χ1) is 12.2. The number of hydrogen-bond acceptors (Lipinski definition) is 3. The Morgan fingerprint density at radius 2 is 1.88 bits per heavy atom. The van der Waals surface area contributed by atoms with Crippen molar-refractivity contribution in [3.8, 4) is 0 Å². The second kappa shape index (κ2) is 12.6. The average Bonchev–Trinajstić information content (AvgIpc) is 2.67. The molecule has 144 valence electrons. The maximum absolute atomic E-state index is 12.4. The zero-order valence-electron chi connectivity index (χ0n) is 15.5. The minimum absolute atomic E-state index is 0. The number of para-hydroxylation sites is 1. The molecule has 26 heavy (non-hydrogen) atoms. The summed E-state index contributed by atoms with van der Waals surface area (Å²) in [6, 6.07) is 10.4. The molecule has 1 aliphatic heterocycles. The lowest BCUT2D eigenvalue weighted by Gasteiger charge is -2.36. The van der Waals surface area contributed by atoms with Crippen LogP contribution < -0.4 is 15.5 Å². The van der Waals surface area contributed by atoms with Crippen molar-refractivity contribution in [1.29, 1.82) is 0 Å². The van der Waals surface area contributed by atoms with Gasteiger partial charge in [0.05, 0.1) is 6.54 Å². The molecule has 0 atom stereocenters. The highest BCUT2D eigenvalue weighted by molar-refractivity contribution is 14.0. The van der Waals surface area contributed by atoms with Crippen molar-refractivity contribution in [2.24, 2.45) is 4.99 Å². The summed E-state index contributed by atoms with van der Waals surface area (Å²) in [5, 5.41) is 6.29. The number of carbonyl (C=O) groups is 1. The number of guanidine groups is 1. The van der Waals surface area contributed by atoms with Crippen LogP contribution in [0.25, 0.3) is 0 Å². The summed E-state index contributed by atoms with van der Waals surface area (Å²) in [6.45, 7) is 10.9. The van der Waals surface area contributed by atoms with E-state index < -0.39 is 0 Å². The molecular formula is C19H30IN5O. The lowest BCUT2D eigenvalue weighted by molar-refractivity contribution is -0.131. The highest BCUT2D eigenvalue weighted by Gasteiger charge is 2.20. The molecule has 1 aromatic carbocycles. The summed E-state index contributed by atoms with van der Waals surface area (Å²) >= 11 is 0. The number of benzene rings is 1. The summed E-state index contributed by atoms with van der Waals surface area (Å²) in [7, 11) is 0. The SMILES string of the molecule is C=CCNC(=NCCC(=O)N1CCN(c2ccccc2)CC1)NCC.I. The van der Waals surface area contributed by atoms with Gasteiger partial charge in [0.15, 0.2) is 5.96 Å². The van der Waals surface area contributed by atoms with Crippen LogP contribution in [-0.2, 0) is 4.79 Å². The monoisotopic (exact) mass is 471 g/mol. The second-order valence-corrected chi connectivity index (χ2v) is 5.88. The fourth-order valence-corrected chi connectivity index (χ4v) is 2.78. The Morgan fingerprint density at radius 1 is 1.19 bits per heavy atom. The van der Waals surface area contributed by atoms with Gasteiger partial charge in [-0.1, -0.05) is 24.3 Å². The number of halogens is 1. The Labute approximate surface area is 173 Å². The third kappa shape index (κ3) is 7.23. The van der Waals surface area contributed by atoms with Crippen molar-refractivity contribution in [3.05, 3.63) is 43.0 Å². The number of amides is 1. The summed E-state index contributed by atoms with van der Waals surface area (Å²) in [5.74, 6) is 0.903. The van der Waals surface area contributed by atoms with Gasteiger partial charge in [-0.15, -0.1) is 30.6 Å². The summed E-state index contributed by atoms with van der Waals surface area (Å²) in [5.41, 5.74) is 1.22. The molecule has 1 fully saturated rings. The zero-order valence-corrected chi connectivity index (χ0v) is 17.8. The van der Waals surface area contributed by atoms with E-state index in [2.05, 4.69) is 39.2 Å². The molecule has 0 aromatic heterocycles. The predicted octanol–water partition coefficient (Wildman–Crippen LogP) is 2.08. The standard InChI is InChI=1S/C19H29N5O.HI/c1-3-11-21-19(20-4-2)22-12-10-18(25)24-15-13-23(14-16-24)17-8-6-5-7-9-17;/h3,5-9H,1,4,10-16H2,2H3,(H2,20,21,22);1H. The Morgan fingerprint density at radius 3 is 2.50 bits per heavy atom. The molecular weight excluding hydrogens is 441 g/mol. The molecule has 0 radical (unpaired) electrons. The predicted molar refractivity (Wildman–Crippen MR) is 119 cm³/mol. The van der Waals surface area contributed by atoms with Crippen molar-refractivity contribution in [1.82, 2.24) is 15.5 Å². The Bertz CT molecular complexity index is 571. The molecule has 1 saturated heterocycles. The van der Waals surface area contributed by atoms with Gasteiger partial charge in [-0.05, 0) is 19.1 Å². The van der Waals surface area contributed by atoms with Gasteiger partial charge >= 0.3 is 0 Å². The summed E-state index contributed by atoms with van der Waals surface area (Å²) < 4.78 is 0. The fraction of sp³-hybridized carbons (Fsp3) is 0.474. The minimum Gasteiger partial charge on any atom is -0.368 e. The van der Waals surface area contributed by atoms with Gasteiger partial charge in [-0.2, -0.15) is 0 Å². The quantitative estimate of drug-likeness (QED) is 0.277. The number of piperazine rings is 1. The van der Waals surface area contributed by atoms with Crippen LogP contribution in [0.1, 0.15) is 13.3 Å². The molecule has 6 nitrogen and oxygen atoms in total. The van der Waals surface area contributed by atoms with E-state index in [0.29, 0.717) is 19.5 Å². The third-order valence-electron chi connectivity index (χ3n) is 4.11. The van der Waals surface area contributed by atoms with Crippen LogP contribution in [0.5, 0.6) is 0 Å². The van der Waals surface area contributed by atoms with Gasteiger partial charge in [0.25, 0.3) is 0 Å². The van der Waals surface area contributed by atoms with E-state index in [4.69, 9.17) is 0 Å². The molecule has 1 amide bonds. The zero-order chi connectivity index (χ0) is 17.9. The number of rotatable bonds is 7. The van der Waals surface area contributed by atoms with Crippen LogP contribution in [-0.4, -0.2) is 62.6 Å². The lowest BCUT2D eigenvalue weighted by atomic mass is 10.2. The van der Waals surface area contributed by atoms with E-state index in [-0.39, 0.29) is 29.9 Å². The molecule has 1 aromatic rings. The molecule has 0 saturated carbocycles. The molecule has 0 aliphatic carbocycles. The van der Waals surface area contributed by atoms with Gasteiger partial charge < -0.3 is 20.4 Å². The first kappa shape index (κ1) is 22.3. The van der Waals surface area contributed by atoms with E-state index in [0.717, 1.165) is 38.7 Å². The average molecular weight is 471 g/mol. The number of nitrogens with zero attached hydrogens (tertiary/aromatic N) is 3. The van der Waals surface area contributed by atoms with Crippen LogP contribution in [0.4, 0.5) is 5.69 Å². The number of carbonyl (C=O) groups excluding carboxylic acids is 1. The van der Waals surface area contributed by atoms with Gasteiger partial charge in [-0.3, -0.25) is 9.79 Å². The second-order valence-electron chi connectivity index (χ2n) is 5.88. The first-order valence-electron chi connectivity index (χ1n) is 8.95. The van der Waals surface area contributed by atoms with E-state index in [1.807, 2.05) is 30.0 Å². The van der Waals surface area contributed by atoms with E-state index in [1.165, 1.54) is 5.69 Å². The molecule has 0 unspecified atom stereocenters. The van der Waals surface area contributed by atoms with Crippen molar-refractivity contribution in [2.75, 3.05) is 50.7 Å². The van der Waals surface area contributed by atoms with Crippen LogP contribution in [0.15, 0.2) is 48.0 Å². The van der Waals surface area contributed by atoms with Gasteiger partial charge in [0, 0.05) is 51.4 Å².